The zero-order valence-electron chi connectivity index (χ0n) is 8.95. The van der Waals surface area contributed by atoms with Gasteiger partial charge in [0.1, 0.15) is 5.69 Å². The van der Waals surface area contributed by atoms with Crippen LogP contribution < -0.4 is 0 Å². The molecule has 0 amide bonds. The first kappa shape index (κ1) is 10.8. The molecule has 0 N–H and O–H groups in total. The van der Waals surface area contributed by atoms with E-state index in [0.717, 1.165) is 12.1 Å². The summed E-state index contributed by atoms with van der Waals surface area (Å²) >= 11 is 0. The van der Waals surface area contributed by atoms with E-state index in [9.17, 15) is 4.79 Å². The van der Waals surface area contributed by atoms with E-state index < -0.39 is 0 Å². The fourth-order valence-electron chi connectivity index (χ4n) is 1.24. The lowest BCUT2D eigenvalue weighted by Crippen LogP contribution is -2.05. The topological polar surface area (TPSA) is 42.9 Å². The van der Waals surface area contributed by atoms with Crippen LogP contribution in [0.25, 0.3) is 0 Å². The summed E-state index contributed by atoms with van der Waals surface area (Å²) in [5.41, 5.74) is 1.39. The van der Waals surface area contributed by atoms with E-state index in [1.54, 1.807) is 6.20 Å². The Morgan fingerprint density at radius 2 is 2.14 bits per heavy atom. The molecule has 1 heterocycles. The minimum atomic E-state index is 0.0584. The van der Waals surface area contributed by atoms with Crippen molar-refractivity contribution in [2.75, 3.05) is 0 Å². The predicted molar refractivity (Wildman–Crippen MR) is 55.2 cm³/mol. The third-order valence-corrected chi connectivity index (χ3v) is 1.91. The molecule has 3 nitrogen and oxygen atoms in total. The Bertz CT molecular complexity index is 321. The maximum absolute atomic E-state index is 11.3. The van der Waals surface area contributed by atoms with Gasteiger partial charge in [0.25, 0.3) is 0 Å². The van der Waals surface area contributed by atoms with Crippen LogP contribution >= 0.6 is 0 Å². The number of hydrogen-bond acceptors (Lipinski definition) is 3. The van der Waals surface area contributed by atoms with Gasteiger partial charge in [0, 0.05) is 12.6 Å². The van der Waals surface area contributed by atoms with Crippen molar-refractivity contribution in [2.24, 2.45) is 5.92 Å². The molecule has 76 valence electrons. The lowest BCUT2D eigenvalue weighted by atomic mass is 10.1. The summed E-state index contributed by atoms with van der Waals surface area (Å²) in [6.07, 6.45) is 4.62. The number of aromatic nitrogens is 2. The Morgan fingerprint density at radius 1 is 1.43 bits per heavy atom. The molecule has 0 aliphatic carbocycles. The summed E-state index contributed by atoms with van der Waals surface area (Å²) in [6, 6.07) is 0. The van der Waals surface area contributed by atoms with Crippen LogP contribution in [0.4, 0.5) is 0 Å². The van der Waals surface area contributed by atoms with Crippen molar-refractivity contribution in [1.82, 2.24) is 9.97 Å². The van der Waals surface area contributed by atoms with E-state index in [0.29, 0.717) is 18.0 Å². The molecule has 1 aromatic rings. The van der Waals surface area contributed by atoms with Gasteiger partial charge in [0.15, 0.2) is 5.78 Å². The summed E-state index contributed by atoms with van der Waals surface area (Å²) < 4.78 is 0. The van der Waals surface area contributed by atoms with Gasteiger partial charge in [-0.3, -0.25) is 9.78 Å². The maximum Gasteiger partial charge on any atom is 0.182 e. The molecule has 0 unspecified atom stereocenters. The first-order valence-electron chi connectivity index (χ1n) is 4.97. The molecule has 0 radical (unpaired) electrons. The van der Waals surface area contributed by atoms with Gasteiger partial charge in [-0.05, 0) is 12.3 Å². The summed E-state index contributed by atoms with van der Waals surface area (Å²) in [7, 11) is 0. The summed E-state index contributed by atoms with van der Waals surface area (Å²) in [6.45, 7) is 6.07. The molecule has 0 saturated carbocycles. The van der Waals surface area contributed by atoms with Crippen LogP contribution in [-0.4, -0.2) is 15.8 Å². The number of ketones is 1. The van der Waals surface area contributed by atoms with Gasteiger partial charge in [0.2, 0.25) is 0 Å². The predicted octanol–water partition coefficient (Wildman–Crippen LogP) is 2.27. The van der Waals surface area contributed by atoms with Crippen molar-refractivity contribution < 1.29 is 4.79 Å². The molecule has 3 heteroatoms. The van der Waals surface area contributed by atoms with E-state index >= 15 is 0 Å². The van der Waals surface area contributed by atoms with Gasteiger partial charge in [0.05, 0.1) is 11.9 Å². The average Bonchev–Trinajstić information content (AvgIpc) is 2.16. The van der Waals surface area contributed by atoms with Crippen molar-refractivity contribution in [3.8, 4) is 0 Å². The van der Waals surface area contributed by atoms with Gasteiger partial charge in [-0.25, -0.2) is 4.98 Å². The highest BCUT2D eigenvalue weighted by Crippen LogP contribution is 2.05. The normalized spacial score (nSPS) is 10.6. The summed E-state index contributed by atoms with van der Waals surface area (Å²) in [5, 5.41) is 0. The zero-order valence-corrected chi connectivity index (χ0v) is 8.95. The minimum Gasteiger partial charge on any atom is -0.292 e. The van der Waals surface area contributed by atoms with Crippen LogP contribution in [0.2, 0.25) is 0 Å². The molecule has 0 spiro atoms. The minimum absolute atomic E-state index is 0.0584. The Labute approximate surface area is 84.6 Å². The molecule has 1 rings (SSSR count). The molecule has 0 bridgehead atoms. The highest BCUT2D eigenvalue weighted by molar-refractivity contribution is 5.93. The maximum atomic E-state index is 11.3. The van der Waals surface area contributed by atoms with E-state index in [4.69, 9.17) is 0 Å². The van der Waals surface area contributed by atoms with Crippen LogP contribution in [0.1, 0.15) is 43.4 Å². The van der Waals surface area contributed by atoms with Crippen molar-refractivity contribution in [1.29, 1.82) is 0 Å². The zero-order chi connectivity index (χ0) is 10.6. The highest BCUT2D eigenvalue weighted by Gasteiger charge is 2.07. The molecule has 0 fully saturated rings. The van der Waals surface area contributed by atoms with Crippen molar-refractivity contribution >= 4 is 5.78 Å². The summed E-state index contributed by atoms with van der Waals surface area (Å²) in [5.74, 6) is 0.597. The third-order valence-electron chi connectivity index (χ3n) is 1.91. The monoisotopic (exact) mass is 192 g/mol. The fourth-order valence-corrected chi connectivity index (χ4v) is 1.24. The van der Waals surface area contributed by atoms with E-state index in [-0.39, 0.29) is 5.78 Å². The van der Waals surface area contributed by atoms with Crippen molar-refractivity contribution in [2.45, 2.75) is 33.6 Å². The Hall–Kier alpha value is -1.25. The molecule has 1 aromatic heterocycles. The van der Waals surface area contributed by atoms with E-state index in [2.05, 4.69) is 23.8 Å². The van der Waals surface area contributed by atoms with Crippen LogP contribution in [0.15, 0.2) is 12.4 Å². The molecular weight excluding hydrogens is 176 g/mol. The van der Waals surface area contributed by atoms with Crippen LogP contribution in [0.5, 0.6) is 0 Å². The molecule has 14 heavy (non-hydrogen) atoms. The molecule has 0 aliphatic rings. The number of carbonyl (C=O) groups excluding carboxylic acids is 1. The molecule has 0 atom stereocenters. The quantitative estimate of drug-likeness (QED) is 0.687. The van der Waals surface area contributed by atoms with Gasteiger partial charge in [-0.1, -0.05) is 20.8 Å². The van der Waals surface area contributed by atoms with E-state index in [1.807, 2.05) is 6.92 Å². The Kier molecular flexibility index (Phi) is 3.74. The Balaban J connectivity index is 2.84. The van der Waals surface area contributed by atoms with E-state index in [1.165, 1.54) is 6.20 Å². The van der Waals surface area contributed by atoms with Gasteiger partial charge in [-0.15, -0.1) is 0 Å². The summed E-state index contributed by atoms with van der Waals surface area (Å²) in [4.78, 5) is 19.6. The fraction of sp³-hybridized carbons (Fsp3) is 0.545. The standard InChI is InChI=1S/C11H16N2O/c1-4-11(14)10-7-12-6-9(13-10)5-8(2)3/h6-8H,4-5H2,1-3H3. The number of Topliss-reactive ketones (excluding diaryl/α,β-unsaturated/α-hetero) is 1. The number of hydrogen-bond donors (Lipinski definition) is 0. The highest BCUT2D eigenvalue weighted by atomic mass is 16.1. The number of nitrogens with zero attached hydrogens (tertiary/aromatic N) is 2. The SMILES string of the molecule is CCC(=O)c1cncc(CC(C)C)n1. The number of carbonyl (C=O) groups is 1. The molecular formula is C11H16N2O. The largest absolute Gasteiger partial charge is 0.292 e. The average molecular weight is 192 g/mol. The molecule has 0 saturated heterocycles. The van der Waals surface area contributed by atoms with Gasteiger partial charge >= 0.3 is 0 Å². The van der Waals surface area contributed by atoms with Crippen LogP contribution in [0, 0.1) is 5.92 Å². The van der Waals surface area contributed by atoms with Gasteiger partial charge in [-0.2, -0.15) is 0 Å². The third kappa shape index (κ3) is 2.91. The van der Waals surface area contributed by atoms with Crippen molar-refractivity contribution in [3.63, 3.8) is 0 Å². The van der Waals surface area contributed by atoms with Crippen LogP contribution in [-0.2, 0) is 6.42 Å². The molecule has 0 aromatic carbocycles. The first-order valence-corrected chi connectivity index (χ1v) is 4.97. The first-order chi connectivity index (χ1) is 6.63. The van der Waals surface area contributed by atoms with Crippen LogP contribution in [0.3, 0.4) is 0 Å². The second kappa shape index (κ2) is 4.84. The lowest BCUT2D eigenvalue weighted by Gasteiger charge is -2.04. The second-order valence-electron chi connectivity index (χ2n) is 3.77. The smallest absolute Gasteiger partial charge is 0.182 e. The number of rotatable bonds is 4. The second-order valence-corrected chi connectivity index (χ2v) is 3.77. The lowest BCUT2D eigenvalue weighted by molar-refractivity contribution is 0.0982. The molecule has 0 aliphatic heterocycles. The van der Waals surface area contributed by atoms with Crippen molar-refractivity contribution in [3.05, 3.63) is 23.8 Å². The Morgan fingerprint density at radius 3 is 2.71 bits per heavy atom. The van der Waals surface area contributed by atoms with Gasteiger partial charge < -0.3 is 0 Å².